The van der Waals surface area contributed by atoms with E-state index in [1.807, 2.05) is 24.3 Å². The van der Waals surface area contributed by atoms with Gasteiger partial charge in [0.05, 0.1) is 18.1 Å². The van der Waals surface area contributed by atoms with Crippen molar-refractivity contribution in [2.24, 2.45) is 0 Å². The number of likely N-dealkylation sites (tertiary alicyclic amines) is 1. The number of nitrogens with zero attached hydrogens (tertiary/aromatic N) is 1. The van der Waals surface area contributed by atoms with E-state index in [0.717, 1.165) is 22.4 Å². The van der Waals surface area contributed by atoms with Gasteiger partial charge in [0, 0.05) is 6.42 Å². The molecule has 2 atom stereocenters. The molecule has 1 N–H and O–H groups in total. The Bertz CT molecular complexity index is 848. The fourth-order valence-corrected chi connectivity index (χ4v) is 4.04. The second kappa shape index (κ2) is 5.77. The van der Waals surface area contributed by atoms with Crippen LogP contribution in [-0.4, -0.2) is 28.4 Å². The van der Waals surface area contributed by atoms with E-state index < -0.39 is 17.3 Å². The van der Waals surface area contributed by atoms with Gasteiger partial charge in [0.15, 0.2) is 0 Å². The molecular weight excluding hydrogens is 321 g/mol. The molecule has 2 aromatic carbocycles. The van der Waals surface area contributed by atoms with Crippen LogP contribution in [0, 0.1) is 5.82 Å². The van der Waals surface area contributed by atoms with Gasteiger partial charge in [-0.25, -0.2) is 4.39 Å². The summed E-state index contributed by atoms with van der Waals surface area (Å²) < 4.78 is 13.0. The van der Waals surface area contributed by atoms with Crippen LogP contribution >= 0.6 is 0 Å². The average Bonchev–Trinajstić information content (AvgIpc) is 3.09. The highest BCUT2D eigenvalue weighted by atomic mass is 19.1. The van der Waals surface area contributed by atoms with Crippen molar-refractivity contribution < 1.29 is 19.1 Å². The Balaban J connectivity index is 1.59. The molecule has 0 saturated carbocycles. The molecule has 0 radical (unpaired) electrons. The minimum Gasteiger partial charge on any atom is -0.387 e. The van der Waals surface area contributed by atoms with Crippen molar-refractivity contribution in [3.8, 4) is 0 Å². The number of aliphatic hydroxyl groups excluding tert-OH is 1. The van der Waals surface area contributed by atoms with Gasteiger partial charge in [0.1, 0.15) is 5.82 Å². The second-order valence-electron chi connectivity index (χ2n) is 6.79. The standard InChI is InChI=1S/C20H18FNO3/c21-15-7-5-14(6-8-15)17(23)12-22-18(24)11-20(19(22)25)10-9-13-3-1-2-4-16(13)20/h1-8,17,23H,9-12H2/t17-,20-/m0/s1. The number of fused-ring (bicyclic) bond motifs is 2. The number of hydrogen-bond donors (Lipinski definition) is 1. The molecule has 5 heteroatoms. The van der Waals surface area contributed by atoms with Gasteiger partial charge in [-0.2, -0.15) is 0 Å². The highest BCUT2D eigenvalue weighted by Crippen LogP contribution is 2.47. The Morgan fingerprint density at radius 2 is 1.84 bits per heavy atom. The summed E-state index contributed by atoms with van der Waals surface area (Å²) in [5, 5.41) is 10.4. The molecule has 1 fully saturated rings. The first-order valence-corrected chi connectivity index (χ1v) is 8.38. The minimum atomic E-state index is -1.03. The van der Waals surface area contributed by atoms with Crippen molar-refractivity contribution in [1.82, 2.24) is 4.90 Å². The molecule has 1 heterocycles. The van der Waals surface area contributed by atoms with Gasteiger partial charge in [-0.15, -0.1) is 0 Å². The van der Waals surface area contributed by atoms with Crippen LogP contribution in [-0.2, 0) is 21.4 Å². The lowest BCUT2D eigenvalue weighted by Crippen LogP contribution is -2.39. The van der Waals surface area contributed by atoms with Crippen LogP contribution in [0.1, 0.15) is 35.6 Å². The largest absolute Gasteiger partial charge is 0.387 e. The summed E-state index contributed by atoms with van der Waals surface area (Å²) in [7, 11) is 0. The lowest BCUT2D eigenvalue weighted by Gasteiger charge is -2.24. The highest BCUT2D eigenvalue weighted by Gasteiger charge is 2.55. The van der Waals surface area contributed by atoms with Crippen molar-refractivity contribution in [3.05, 3.63) is 71.0 Å². The van der Waals surface area contributed by atoms with E-state index in [0.29, 0.717) is 12.0 Å². The van der Waals surface area contributed by atoms with Gasteiger partial charge in [-0.1, -0.05) is 36.4 Å². The van der Waals surface area contributed by atoms with Crippen LogP contribution in [0.15, 0.2) is 48.5 Å². The monoisotopic (exact) mass is 339 g/mol. The normalized spacial score (nSPS) is 23.4. The smallest absolute Gasteiger partial charge is 0.240 e. The number of halogens is 1. The number of amides is 2. The van der Waals surface area contributed by atoms with E-state index in [2.05, 4.69) is 0 Å². The maximum atomic E-state index is 13.1. The minimum absolute atomic E-state index is 0.104. The van der Waals surface area contributed by atoms with E-state index in [-0.39, 0.29) is 24.8 Å². The van der Waals surface area contributed by atoms with Crippen LogP contribution in [0.25, 0.3) is 0 Å². The molecule has 1 aliphatic heterocycles. The van der Waals surface area contributed by atoms with Gasteiger partial charge in [0.25, 0.3) is 0 Å². The number of hydrogen-bond acceptors (Lipinski definition) is 3. The number of imide groups is 1. The maximum Gasteiger partial charge on any atom is 0.240 e. The Labute approximate surface area is 144 Å². The fraction of sp³-hybridized carbons (Fsp3) is 0.300. The number of aryl methyl sites for hydroxylation is 1. The SMILES string of the molecule is O=C1C[C@]2(CCc3ccccc32)C(=O)N1C[C@H](O)c1ccc(F)cc1. The predicted octanol–water partition coefficient (Wildman–Crippen LogP) is 2.50. The quantitative estimate of drug-likeness (QED) is 0.874. The van der Waals surface area contributed by atoms with E-state index in [1.165, 1.54) is 24.3 Å². The summed E-state index contributed by atoms with van der Waals surface area (Å²) in [4.78, 5) is 26.7. The van der Waals surface area contributed by atoms with Crippen molar-refractivity contribution in [1.29, 1.82) is 0 Å². The van der Waals surface area contributed by atoms with Gasteiger partial charge >= 0.3 is 0 Å². The predicted molar refractivity (Wildman–Crippen MR) is 89.1 cm³/mol. The molecule has 0 unspecified atom stereocenters. The number of rotatable bonds is 3. The summed E-state index contributed by atoms with van der Waals surface area (Å²) in [5.41, 5.74) is 1.75. The van der Waals surface area contributed by atoms with Crippen LogP contribution in [0.4, 0.5) is 4.39 Å². The number of aliphatic hydroxyl groups is 1. The first-order chi connectivity index (χ1) is 12.0. The number of carbonyl (C=O) groups is 2. The van der Waals surface area contributed by atoms with Crippen LogP contribution in [0.5, 0.6) is 0 Å². The molecule has 4 rings (SSSR count). The lowest BCUT2D eigenvalue weighted by atomic mass is 9.80. The Kier molecular flexibility index (Phi) is 3.69. The lowest BCUT2D eigenvalue weighted by molar-refractivity contribution is -0.141. The Hall–Kier alpha value is -2.53. The van der Waals surface area contributed by atoms with Crippen LogP contribution in [0.2, 0.25) is 0 Å². The molecule has 2 amide bonds. The summed E-state index contributed by atoms with van der Waals surface area (Å²) in [5.74, 6) is -0.891. The molecule has 128 valence electrons. The van der Waals surface area contributed by atoms with E-state index in [4.69, 9.17) is 0 Å². The van der Waals surface area contributed by atoms with Crippen molar-refractivity contribution in [2.75, 3.05) is 6.54 Å². The topological polar surface area (TPSA) is 57.6 Å². The Morgan fingerprint density at radius 1 is 1.12 bits per heavy atom. The average molecular weight is 339 g/mol. The fourth-order valence-electron chi connectivity index (χ4n) is 4.04. The summed E-state index contributed by atoms with van der Waals surface area (Å²) >= 11 is 0. The molecule has 2 aliphatic rings. The van der Waals surface area contributed by atoms with E-state index in [9.17, 15) is 19.1 Å². The molecule has 25 heavy (non-hydrogen) atoms. The molecule has 1 saturated heterocycles. The number of carbonyl (C=O) groups excluding carboxylic acids is 2. The molecule has 0 bridgehead atoms. The number of benzene rings is 2. The third-order valence-corrected chi connectivity index (χ3v) is 5.37. The zero-order valence-corrected chi connectivity index (χ0v) is 13.6. The number of β-amino-alcohol motifs (C(OH)–C–C–N with tert-alkyl or cyclic N) is 1. The maximum absolute atomic E-state index is 13.1. The molecule has 0 aromatic heterocycles. The van der Waals surface area contributed by atoms with Crippen LogP contribution in [0.3, 0.4) is 0 Å². The molecule has 4 nitrogen and oxygen atoms in total. The summed E-state index contributed by atoms with van der Waals surface area (Å²) in [6.45, 7) is -0.104. The molecular formula is C20H18FNO3. The van der Waals surface area contributed by atoms with Crippen molar-refractivity contribution in [3.63, 3.8) is 0 Å². The molecule has 1 spiro atoms. The molecule has 1 aliphatic carbocycles. The third kappa shape index (κ3) is 2.46. The summed E-state index contributed by atoms with van der Waals surface area (Å²) in [6, 6.07) is 13.2. The third-order valence-electron chi connectivity index (χ3n) is 5.37. The van der Waals surface area contributed by atoms with Crippen molar-refractivity contribution >= 4 is 11.8 Å². The van der Waals surface area contributed by atoms with E-state index >= 15 is 0 Å². The summed E-state index contributed by atoms with van der Waals surface area (Å²) in [6.07, 6.45) is 0.531. The highest BCUT2D eigenvalue weighted by molar-refractivity contribution is 6.09. The molecule has 2 aromatic rings. The van der Waals surface area contributed by atoms with Gasteiger partial charge in [-0.3, -0.25) is 14.5 Å². The Morgan fingerprint density at radius 3 is 2.60 bits per heavy atom. The van der Waals surface area contributed by atoms with Gasteiger partial charge in [-0.05, 0) is 41.7 Å². The van der Waals surface area contributed by atoms with Crippen molar-refractivity contribution in [2.45, 2.75) is 30.8 Å². The first kappa shape index (κ1) is 16.0. The first-order valence-electron chi connectivity index (χ1n) is 8.38. The van der Waals surface area contributed by atoms with E-state index in [1.54, 1.807) is 0 Å². The second-order valence-corrected chi connectivity index (χ2v) is 6.79. The zero-order chi connectivity index (χ0) is 17.6. The van der Waals surface area contributed by atoms with Crippen LogP contribution < -0.4 is 0 Å². The van der Waals surface area contributed by atoms with Gasteiger partial charge in [0.2, 0.25) is 11.8 Å². The zero-order valence-electron chi connectivity index (χ0n) is 13.6. The van der Waals surface area contributed by atoms with Gasteiger partial charge < -0.3 is 5.11 Å².